The number of aliphatic hydroxyl groups excluding tert-OH is 1. The van der Waals surface area contributed by atoms with Crippen molar-refractivity contribution in [3.63, 3.8) is 0 Å². The van der Waals surface area contributed by atoms with Crippen LogP contribution in [-0.2, 0) is 9.59 Å². The number of hydrogen-bond donors (Lipinski definition) is 3. The van der Waals surface area contributed by atoms with Crippen molar-refractivity contribution < 1.29 is 14.7 Å². The summed E-state index contributed by atoms with van der Waals surface area (Å²) in [4.78, 5) is 22.7. The molecule has 0 fully saturated rings. The topological polar surface area (TPSA) is 78.4 Å². The second kappa shape index (κ2) is 8.87. The number of benzene rings is 1. The molecule has 116 valence electrons. The Morgan fingerprint density at radius 1 is 1.24 bits per heavy atom. The summed E-state index contributed by atoms with van der Waals surface area (Å²) >= 11 is 11.7. The Bertz CT molecular complexity index is 509. The fourth-order valence-corrected chi connectivity index (χ4v) is 2.18. The van der Waals surface area contributed by atoms with Gasteiger partial charge in [-0.05, 0) is 18.6 Å². The summed E-state index contributed by atoms with van der Waals surface area (Å²) < 4.78 is 0. The van der Waals surface area contributed by atoms with Crippen molar-refractivity contribution >= 4 is 35.0 Å². The Kier molecular flexibility index (Phi) is 7.50. The summed E-state index contributed by atoms with van der Waals surface area (Å²) in [6.45, 7) is 1.77. The summed E-state index contributed by atoms with van der Waals surface area (Å²) in [6, 6.07) is 4.73. The molecule has 21 heavy (non-hydrogen) atoms. The first-order chi connectivity index (χ1) is 9.93. The van der Waals surface area contributed by atoms with Crippen LogP contribution < -0.4 is 10.6 Å². The molecule has 0 radical (unpaired) electrons. The third-order valence-corrected chi connectivity index (χ3v) is 3.30. The van der Waals surface area contributed by atoms with Gasteiger partial charge in [0.25, 0.3) is 0 Å². The van der Waals surface area contributed by atoms with E-state index in [4.69, 9.17) is 23.2 Å². The number of amides is 2. The monoisotopic (exact) mass is 332 g/mol. The highest BCUT2D eigenvalue weighted by Crippen LogP contribution is 2.25. The average Bonchev–Trinajstić information content (AvgIpc) is 2.43. The van der Waals surface area contributed by atoms with Crippen molar-refractivity contribution in [2.24, 2.45) is 0 Å². The molecule has 0 aliphatic carbocycles. The fraction of sp³-hybridized carbons (Fsp3) is 0.429. The van der Waals surface area contributed by atoms with E-state index in [9.17, 15) is 14.7 Å². The van der Waals surface area contributed by atoms with Crippen LogP contribution in [0.3, 0.4) is 0 Å². The van der Waals surface area contributed by atoms with Gasteiger partial charge in [0.15, 0.2) is 0 Å². The molecule has 0 saturated carbocycles. The first-order valence-corrected chi connectivity index (χ1v) is 7.36. The van der Waals surface area contributed by atoms with E-state index < -0.39 is 6.10 Å². The Morgan fingerprint density at radius 3 is 2.57 bits per heavy atom. The third-order valence-electron chi connectivity index (χ3n) is 2.74. The first-order valence-electron chi connectivity index (χ1n) is 6.60. The fourth-order valence-electron chi connectivity index (χ4n) is 1.65. The SMILES string of the molecule is CCCC(=O)NCC(=O)NCC(O)c1ccc(Cl)cc1Cl. The minimum Gasteiger partial charge on any atom is -0.387 e. The lowest BCUT2D eigenvalue weighted by Crippen LogP contribution is -2.38. The number of carbonyl (C=O) groups excluding carboxylic acids is 2. The maximum absolute atomic E-state index is 11.5. The molecule has 0 bridgehead atoms. The lowest BCUT2D eigenvalue weighted by molar-refractivity contribution is -0.126. The van der Waals surface area contributed by atoms with Gasteiger partial charge >= 0.3 is 0 Å². The third kappa shape index (κ3) is 6.33. The van der Waals surface area contributed by atoms with Crippen LogP contribution in [0.25, 0.3) is 0 Å². The Hall–Kier alpha value is -1.30. The van der Waals surface area contributed by atoms with Crippen LogP contribution in [-0.4, -0.2) is 30.0 Å². The van der Waals surface area contributed by atoms with E-state index >= 15 is 0 Å². The van der Waals surface area contributed by atoms with E-state index in [2.05, 4.69) is 10.6 Å². The van der Waals surface area contributed by atoms with Gasteiger partial charge in [-0.1, -0.05) is 36.2 Å². The molecule has 0 aromatic heterocycles. The van der Waals surface area contributed by atoms with E-state index in [1.54, 1.807) is 12.1 Å². The van der Waals surface area contributed by atoms with E-state index in [1.807, 2.05) is 6.92 Å². The maximum atomic E-state index is 11.5. The van der Waals surface area contributed by atoms with Crippen LogP contribution in [0.5, 0.6) is 0 Å². The standard InChI is InChI=1S/C14H18Cl2N2O3/c1-2-3-13(20)18-8-14(21)17-7-12(19)10-5-4-9(15)6-11(10)16/h4-6,12,19H,2-3,7-8H2,1H3,(H,17,21)(H,18,20). The van der Waals surface area contributed by atoms with Crippen molar-refractivity contribution in [2.45, 2.75) is 25.9 Å². The summed E-state index contributed by atoms with van der Waals surface area (Å²) in [6.07, 6.45) is 0.169. The van der Waals surface area contributed by atoms with Gasteiger partial charge in [0, 0.05) is 28.6 Å². The Morgan fingerprint density at radius 2 is 1.95 bits per heavy atom. The number of carbonyl (C=O) groups is 2. The molecule has 0 heterocycles. The van der Waals surface area contributed by atoms with Crippen LogP contribution in [0, 0.1) is 0 Å². The van der Waals surface area contributed by atoms with Crippen molar-refractivity contribution in [2.75, 3.05) is 13.1 Å². The minimum atomic E-state index is -0.940. The zero-order chi connectivity index (χ0) is 15.8. The zero-order valence-electron chi connectivity index (χ0n) is 11.7. The van der Waals surface area contributed by atoms with Gasteiger partial charge < -0.3 is 15.7 Å². The van der Waals surface area contributed by atoms with Gasteiger partial charge in [0.1, 0.15) is 0 Å². The van der Waals surface area contributed by atoms with Gasteiger partial charge in [-0.15, -0.1) is 0 Å². The van der Waals surface area contributed by atoms with Crippen LogP contribution in [0.4, 0.5) is 0 Å². The maximum Gasteiger partial charge on any atom is 0.239 e. The number of hydrogen-bond acceptors (Lipinski definition) is 3. The summed E-state index contributed by atoms with van der Waals surface area (Å²) in [7, 11) is 0. The van der Waals surface area contributed by atoms with E-state index in [1.165, 1.54) is 6.07 Å². The second-order valence-corrected chi connectivity index (χ2v) is 5.36. The molecule has 5 nitrogen and oxygen atoms in total. The van der Waals surface area contributed by atoms with E-state index in [-0.39, 0.29) is 24.9 Å². The van der Waals surface area contributed by atoms with Crippen molar-refractivity contribution in [1.82, 2.24) is 10.6 Å². The van der Waals surface area contributed by atoms with Crippen molar-refractivity contribution in [3.05, 3.63) is 33.8 Å². The average molecular weight is 333 g/mol. The molecule has 1 aromatic carbocycles. The highest BCUT2D eigenvalue weighted by molar-refractivity contribution is 6.35. The normalized spacial score (nSPS) is 11.8. The molecule has 1 aromatic rings. The predicted octanol–water partition coefficient (Wildman–Crippen LogP) is 2.06. The lowest BCUT2D eigenvalue weighted by Gasteiger charge is -2.14. The van der Waals surface area contributed by atoms with Crippen LogP contribution in [0.15, 0.2) is 18.2 Å². The van der Waals surface area contributed by atoms with Crippen molar-refractivity contribution in [3.8, 4) is 0 Å². The quantitative estimate of drug-likeness (QED) is 0.715. The molecule has 1 unspecified atom stereocenters. The van der Waals surface area contributed by atoms with Gasteiger partial charge in [0.2, 0.25) is 11.8 Å². The van der Waals surface area contributed by atoms with E-state index in [0.29, 0.717) is 22.0 Å². The predicted molar refractivity (Wildman–Crippen MR) is 82.3 cm³/mol. The zero-order valence-corrected chi connectivity index (χ0v) is 13.2. The van der Waals surface area contributed by atoms with E-state index in [0.717, 1.165) is 6.42 Å². The highest BCUT2D eigenvalue weighted by Gasteiger charge is 2.13. The Labute approximate surface area is 133 Å². The number of rotatable bonds is 7. The highest BCUT2D eigenvalue weighted by atomic mass is 35.5. The molecule has 0 aliphatic rings. The molecule has 3 N–H and O–H groups in total. The van der Waals surface area contributed by atoms with Crippen molar-refractivity contribution in [1.29, 1.82) is 0 Å². The van der Waals surface area contributed by atoms with Gasteiger partial charge in [-0.25, -0.2) is 0 Å². The molecule has 0 aliphatic heterocycles. The molecule has 0 spiro atoms. The van der Waals surface area contributed by atoms with Crippen LogP contribution in [0.1, 0.15) is 31.4 Å². The smallest absolute Gasteiger partial charge is 0.239 e. The molecular weight excluding hydrogens is 315 g/mol. The molecule has 1 atom stereocenters. The van der Waals surface area contributed by atoms with Crippen LogP contribution >= 0.6 is 23.2 Å². The van der Waals surface area contributed by atoms with Gasteiger partial charge in [0.05, 0.1) is 12.6 Å². The van der Waals surface area contributed by atoms with Gasteiger partial charge in [-0.3, -0.25) is 9.59 Å². The lowest BCUT2D eigenvalue weighted by atomic mass is 10.1. The first kappa shape index (κ1) is 17.8. The molecule has 7 heteroatoms. The number of halogens is 2. The molecule has 2 amide bonds. The summed E-state index contributed by atoms with van der Waals surface area (Å²) in [5, 5.41) is 15.8. The molecule has 1 rings (SSSR count). The molecular formula is C14H18Cl2N2O3. The molecule has 0 saturated heterocycles. The van der Waals surface area contributed by atoms with Crippen LogP contribution in [0.2, 0.25) is 10.0 Å². The largest absolute Gasteiger partial charge is 0.387 e. The Balaban J connectivity index is 2.40. The number of aliphatic hydroxyl groups is 1. The summed E-state index contributed by atoms with van der Waals surface area (Å²) in [5.74, 6) is -0.544. The van der Waals surface area contributed by atoms with Gasteiger partial charge in [-0.2, -0.15) is 0 Å². The number of nitrogens with one attached hydrogen (secondary N) is 2. The second-order valence-electron chi connectivity index (χ2n) is 4.51. The minimum absolute atomic E-state index is 0.00380. The summed E-state index contributed by atoms with van der Waals surface area (Å²) in [5.41, 5.74) is 0.483.